The van der Waals surface area contributed by atoms with Gasteiger partial charge in [0.15, 0.2) is 22.8 Å². The second-order valence-corrected chi connectivity index (χ2v) is 12.7. The van der Waals surface area contributed by atoms with E-state index in [-0.39, 0.29) is 43.7 Å². The molecule has 0 aromatic heterocycles. The predicted octanol–water partition coefficient (Wildman–Crippen LogP) is 4.18. The van der Waals surface area contributed by atoms with Gasteiger partial charge in [0.05, 0.1) is 6.10 Å². The third-order valence-corrected chi connectivity index (χ3v) is 10.8. The van der Waals surface area contributed by atoms with Crippen LogP contribution in [0.2, 0.25) is 0 Å². The second kappa shape index (κ2) is 9.41. The van der Waals surface area contributed by atoms with Crippen LogP contribution in [0, 0.1) is 28.6 Å². The van der Waals surface area contributed by atoms with Crippen LogP contribution >= 0.6 is 0 Å². The maximum absolute atomic E-state index is 17.4. The number of carbonyl (C=O) groups excluding carboxylic acids is 2. The average molecular weight is 598 g/mol. The molecule has 4 fully saturated rings. The molecule has 228 valence electrons. The minimum Gasteiger partial charge on any atom is -0.406 e. The van der Waals surface area contributed by atoms with Crippen molar-refractivity contribution in [2.24, 2.45) is 28.6 Å². The van der Waals surface area contributed by atoms with Crippen molar-refractivity contribution in [3.63, 3.8) is 0 Å². The summed E-state index contributed by atoms with van der Waals surface area (Å²) in [6.45, 7) is 2.65. The topological polar surface area (TPSA) is 96.3 Å². The minimum absolute atomic E-state index is 0.00446. The first-order valence-electron chi connectivity index (χ1n) is 14.0. The van der Waals surface area contributed by atoms with E-state index >= 15 is 8.78 Å². The fourth-order valence-corrected chi connectivity index (χ4v) is 9.03. The molecule has 7 nitrogen and oxygen atoms in total. The summed E-state index contributed by atoms with van der Waals surface area (Å²) in [4.78, 5) is 32.0. The summed E-state index contributed by atoms with van der Waals surface area (Å²) in [6, 6.07) is 5.19. The van der Waals surface area contributed by atoms with Crippen molar-refractivity contribution in [1.82, 2.24) is 5.06 Å². The summed E-state index contributed by atoms with van der Waals surface area (Å²) in [5.41, 5.74) is -6.11. The molecule has 6 rings (SSSR count). The number of allylic oxidation sites excluding steroid dienone is 4. The lowest BCUT2D eigenvalue weighted by molar-refractivity contribution is -0.274. The number of halogens is 5. The normalized spacial score (nSPS) is 42.8. The summed E-state index contributed by atoms with van der Waals surface area (Å²) in [5.74, 6) is -3.58. The third kappa shape index (κ3) is 3.90. The van der Waals surface area contributed by atoms with E-state index in [0.29, 0.717) is 5.56 Å². The van der Waals surface area contributed by atoms with Crippen LogP contribution in [0.3, 0.4) is 0 Å². The van der Waals surface area contributed by atoms with Gasteiger partial charge in [-0.1, -0.05) is 25.1 Å². The molecule has 42 heavy (non-hydrogen) atoms. The molecule has 0 bridgehead atoms. The Bertz CT molecular complexity index is 1360. The Labute approximate surface area is 238 Å². The van der Waals surface area contributed by atoms with Crippen LogP contribution in [0.4, 0.5) is 22.0 Å². The first-order valence-corrected chi connectivity index (χ1v) is 14.0. The van der Waals surface area contributed by atoms with Crippen molar-refractivity contribution >= 4 is 11.6 Å². The number of benzene rings is 1. The first-order chi connectivity index (χ1) is 19.6. The van der Waals surface area contributed by atoms with Gasteiger partial charge in [-0.2, -0.15) is 5.06 Å². The summed E-state index contributed by atoms with van der Waals surface area (Å²) < 4.78 is 74.7. The monoisotopic (exact) mass is 597 g/mol. The smallest absolute Gasteiger partial charge is 0.406 e. The van der Waals surface area contributed by atoms with E-state index < -0.39 is 76.7 Å². The van der Waals surface area contributed by atoms with Gasteiger partial charge >= 0.3 is 6.36 Å². The second-order valence-electron chi connectivity index (χ2n) is 12.7. The number of carbonyl (C=O) groups is 2. The van der Waals surface area contributed by atoms with E-state index in [4.69, 9.17) is 4.84 Å². The Morgan fingerprint density at radius 1 is 1.17 bits per heavy atom. The molecule has 1 heterocycles. The number of ketones is 2. The van der Waals surface area contributed by atoms with Crippen LogP contribution in [0.15, 0.2) is 48.1 Å². The number of nitrogens with zero attached hydrogens (tertiary/aromatic N) is 1. The highest BCUT2D eigenvalue weighted by atomic mass is 19.4. The number of rotatable bonds is 5. The van der Waals surface area contributed by atoms with Gasteiger partial charge in [-0.15, -0.1) is 13.2 Å². The molecule has 3 saturated carbocycles. The molecule has 0 unspecified atom stereocenters. The Morgan fingerprint density at radius 3 is 2.50 bits per heavy atom. The molecule has 1 aliphatic heterocycles. The fourth-order valence-electron chi connectivity index (χ4n) is 9.03. The number of hydrogen-bond acceptors (Lipinski definition) is 7. The lowest BCUT2D eigenvalue weighted by atomic mass is 9.44. The summed E-state index contributed by atoms with van der Waals surface area (Å²) >= 11 is 0. The van der Waals surface area contributed by atoms with Gasteiger partial charge in [-0.25, -0.2) is 8.78 Å². The molecule has 9 atom stereocenters. The molecule has 1 aromatic carbocycles. The van der Waals surface area contributed by atoms with Gasteiger partial charge in [0.1, 0.15) is 18.5 Å². The predicted molar refractivity (Wildman–Crippen MR) is 137 cm³/mol. The van der Waals surface area contributed by atoms with Gasteiger partial charge in [0.25, 0.3) is 0 Å². The highest BCUT2D eigenvalue weighted by molar-refractivity contribution is 6.01. The Morgan fingerprint density at radius 2 is 1.86 bits per heavy atom. The van der Waals surface area contributed by atoms with Gasteiger partial charge in [-0.3, -0.25) is 14.4 Å². The molecule has 0 spiro atoms. The van der Waals surface area contributed by atoms with Crippen molar-refractivity contribution in [3.8, 4) is 5.75 Å². The molecule has 0 amide bonds. The molecule has 0 radical (unpaired) electrons. The van der Waals surface area contributed by atoms with Crippen LogP contribution in [-0.4, -0.2) is 69.9 Å². The maximum Gasteiger partial charge on any atom is 0.573 e. The minimum atomic E-state index is -4.83. The molecule has 2 N–H and O–H groups in total. The number of ether oxygens (including phenoxy) is 1. The summed E-state index contributed by atoms with van der Waals surface area (Å²) in [6.07, 6.45) is -4.64. The fraction of sp³-hybridized carbons (Fsp3) is 0.600. The average Bonchev–Trinajstić information content (AvgIpc) is 3.39. The number of aliphatic hydroxyl groups is 2. The maximum atomic E-state index is 17.4. The quantitative estimate of drug-likeness (QED) is 0.492. The van der Waals surface area contributed by atoms with E-state index in [9.17, 15) is 33.0 Å². The van der Waals surface area contributed by atoms with E-state index in [1.165, 1.54) is 36.3 Å². The lowest BCUT2D eigenvalue weighted by Gasteiger charge is -2.63. The highest BCUT2D eigenvalue weighted by Gasteiger charge is 2.79. The Balaban J connectivity index is 1.32. The van der Waals surface area contributed by atoms with Gasteiger partial charge < -0.3 is 14.9 Å². The lowest BCUT2D eigenvalue weighted by Crippen LogP contribution is -2.70. The zero-order valence-corrected chi connectivity index (χ0v) is 23.0. The van der Waals surface area contributed by atoms with E-state index in [1.807, 2.05) is 0 Å². The van der Waals surface area contributed by atoms with Crippen molar-refractivity contribution in [2.75, 3.05) is 13.2 Å². The number of Topliss-reactive ketones (excluding diaryl/α,β-unsaturated/α-hetero) is 1. The molecule has 1 aromatic rings. The van der Waals surface area contributed by atoms with E-state index in [0.717, 1.165) is 18.2 Å². The van der Waals surface area contributed by atoms with Gasteiger partial charge in [-0.05, 0) is 67.5 Å². The van der Waals surface area contributed by atoms with Crippen molar-refractivity contribution in [1.29, 1.82) is 0 Å². The number of aliphatic hydroxyl groups excluding tert-OH is 2. The highest BCUT2D eigenvalue weighted by Crippen LogP contribution is 2.72. The SMILES string of the molecule is C[C@]12C=CC(=O)C=C1[C@@H](F)C[C@H]1[C@@H]3C[C@H]4CN(Cc5ccc(OC(F)(F)F)cc5)O[C@@]4(C(=O)CO)[C@@]3(C)C[C@H](O)[C@@]12F. The summed E-state index contributed by atoms with van der Waals surface area (Å²) in [5, 5.41) is 23.1. The van der Waals surface area contributed by atoms with Crippen LogP contribution in [0.1, 0.15) is 38.7 Å². The van der Waals surface area contributed by atoms with Crippen molar-refractivity contribution in [3.05, 3.63) is 53.6 Å². The Kier molecular flexibility index (Phi) is 6.59. The van der Waals surface area contributed by atoms with Gasteiger partial charge in [0, 0.05) is 35.8 Å². The molecule has 4 aliphatic carbocycles. The Hall–Kier alpha value is -2.67. The molecule has 1 saturated heterocycles. The van der Waals surface area contributed by atoms with E-state index in [1.54, 1.807) is 6.92 Å². The van der Waals surface area contributed by atoms with Gasteiger partial charge in [0.2, 0.25) is 0 Å². The van der Waals surface area contributed by atoms with Crippen molar-refractivity contribution < 1.29 is 51.3 Å². The standard InChI is InChI=1S/C30H32F5NO6/c1-26-8-7-18(38)10-22(26)23(31)11-21-20-9-17-14-36(13-16-3-5-19(6-4-16)41-30(33,34)35)42-29(17,25(40)15-37)27(20,2)12-24(39)28(21,26)32/h3-8,10,17,20-21,23-24,37,39H,9,11-15H2,1-2H3/t17-,20-,21-,23-,24-,26-,27-,28-,29-/m0/s1. The van der Waals surface area contributed by atoms with Crippen LogP contribution in [-0.2, 0) is 21.0 Å². The van der Waals surface area contributed by atoms with Crippen molar-refractivity contribution in [2.45, 2.75) is 69.6 Å². The molecule has 12 heteroatoms. The first kappa shape index (κ1) is 29.4. The molecule has 5 aliphatic rings. The number of alkyl halides is 5. The van der Waals surface area contributed by atoms with Crippen LogP contribution in [0.5, 0.6) is 5.75 Å². The van der Waals surface area contributed by atoms with Crippen LogP contribution in [0.25, 0.3) is 0 Å². The molecular formula is C30H32F5NO6. The number of fused-ring (bicyclic) bond motifs is 7. The number of hydrogen-bond donors (Lipinski definition) is 2. The number of hydroxylamine groups is 2. The largest absolute Gasteiger partial charge is 0.573 e. The summed E-state index contributed by atoms with van der Waals surface area (Å²) in [7, 11) is 0. The van der Waals surface area contributed by atoms with E-state index in [2.05, 4.69) is 4.74 Å². The third-order valence-electron chi connectivity index (χ3n) is 10.8. The molecular weight excluding hydrogens is 565 g/mol. The zero-order chi connectivity index (χ0) is 30.5. The van der Waals surface area contributed by atoms with Crippen LogP contribution < -0.4 is 4.74 Å². The zero-order valence-electron chi connectivity index (χ0n) is 23.0.